The number of aliphatic hydroxyl groups excluding tert-OH is 1. The summed E-state index contributed by atoms with van der Waals surface area (Å²) in [6.45, 7) is 7.08. The van der Waals surface area contributed by atoms with Crippen LogP contribution in [-0.2, 0) is 0 Å². The van der Waals surface area contributed by atoms with Crippen molar-refractivity contribution in [3.63, 3.8) is 0 Å². The Kier molecular flexibility index (Phi) is 9.60. The van der Waals surface area contributed by atoms with Gasteiger partial charge in [-0.1, -0.05) is 44.4 Å². The lowest BCUT2D eigenvalue weighted by molar-refractivity contribution is 0.112. The van der Waals surface area contributed by atoms with Gasteiger partial charge in [-0.05, 0) is 44.1 Å². The Bertz CT molecular complexity index is 613. The van der Waals surface area contributed by atoms with Gasteiger partial charge in [0, 0.05) is 28.7 Å². The van der Waals surface area contributed by atoms with Crippen LogP contribution in [0.15, 0.2) is 30.5 Å². The molecular formula is C19H28Cl2N2O. The summed E-state index contributed by atoms with van der Waals surface area (Å²) in [5.74, 6) is 0. The first kappa shape index (κ1) is 21.2. The van der Waals surface area contributed by atoms with Crippen LogP contribution in [0.1, 0.15) is 51.2 Å². The topological polar surface area (TPSA) is 36.4 Å². The molecule has 0 saturated heterocycles. The Balaban J connectivity index is 0.00000288. The molecule has 0 amide bonds. The van der Waals surface area contributed by atoms with Crippen molar-refractivity contribution >= 4 is 34.9 Å². The molecule has 2 aromatic rings. The number of hydrogen-bond donors (Lipinski definition) is 1. The van der Waals surface area contributed by atoms with E-state index >= 15 is 0 Å². The second-order valence-corrected chi connectivity index (χ2v) is 6.53. The van der Waals surface area contributed by atoms with Gasteiger partial charge in [0.25, 0.3) is 0 Å². The Morgan fingerprint density at radius 1 is 1.17 bits per heavy atom. The standard InChI is InChI=1S/C19H27ClN2O.ClH/c1-3-5-10-22(11-6-4-2)14-18(23)17-13-16(20)12-15-8-7-9-21-19(15)17;/h7-9,12-13,18,23H,3-6,10-11,14H2,1-2H3;1H. The summed E-state index contributed by atoms with van der Waals surface area (Å²) >= 11 is 6.22. The smallest absolute Gasteiger partial charge is 0.0938 e. The minimum absolute atomic E-state index is 0. The molecular weight excluding hydrogens is 343 g/mol. The molecule has 1 N–H and O–H groups in total. The number of unbranched alkanes of at least 4 members (excludes halogenated alkanes) is 2. The van der Waals surface area contributed by atoms with E-state index in [9.17, 15) is 5.11 Å². The molecule has 3 nitrogen and oxygen atoms in total. The van der Waals surface area contributed by atoms with E-state index in [4.69, 9.17) is 11.6 Å². The predicted octanol–water partition coefficient (Wildman–Crippen LogP) is 5.25. The van der Waals surface area contributed by atoms with Crippen LogP contribution in [0.3, 0.4) is 0 Å². The number of aromatic nitrogens is 1. The maximum atomic E-state index is 10.8. The molecule has 0 bridgehead atoms. The largest absolute Gasteiger partial charge is 0.387 e. The third-order valence-corrected chi connectivity index (χ3v) is 4.36. The van der Waals surface area contributed by atoms with Crippen LogP contribution in [0.2, 0.25) is 5.02 Å². The third-order valence-electron chi connectivity index (χ3n) is 4.15. The second kappa shape index (κ2) is 10.9. The first-order valence-corrected chi connectivity index (χ1v) is 8.98. The molecule has 0 aliphatic rings. The minimum atomic E-state index is -0.570. The summed E-state index contributed by atoms with van der Waals surface area (Å²) in [7, 11) is 0. The monoisotopic (exact) mass is 370 g/mol. The second-order valence-electron chi connectivity index (χ2n) is 6.09. The SMILES string of the molecule is CCCCN(CCCC)CC(O)c1cc(Cl)cc2cccnc12.Cl. The van der Waals surface area contributed by atoms with Crippen molar-refractivity contribution in [2.75, 3.05) is 19.6 Å². The Morgan fingerprint density at radius 2 is 1.83 bits per heavy atom. The predicted molar refractivity (Wildman–Crippen MR) is 105 cm³/mol. The number of aliphatic hydroxyl groups is 1. The van der Waals surface area contributed by atoms with Gasteiger partial charge in [-0.3, -0.25) is 4.98 Å². The molecule has 0 spiro atoms. The van der Waals surface area contributed by atoms with Crippen molar-refractivity contribution in [2.24, 2.45) is 0 Å². The van der Waals surface area contributed by atoms with E-state index in [1.165, 1.54) is 12.8 Å². The van der Waals surface area contributed by atoms with E-state index in [1.807, 2.05) is 24.3 Å². The highest BCUT2D eigenvalue weighted by molar-refractivity contribution is 6.31. The maximum absolute atomic E-state index is 10.8. The van der Waals surface area contributed by atoms with Crippen LogP contribution in [0, 0.1) is 0 Å². The molecule has 1 atom stereocenters. The lowest BCUT2D eigenvalue weighted by Gasteiger charge is -2.25. The van der Waals surface area contributed by atoms with Crippen LogP contribution in [-0.4, -0.2) is 34.6 Å². The summed E-state index contributed by atoms with van der Waals surface area (Å²) in [6.07, 6.45) is 5.84. The number of halogens is 2. The van der Waals surface area contributed by atoms with Gasteiger partial charge >= 0.3 is 0 Å². The van der Waals surface area contributed by atoms with Crippen LogP contribution in [0.5, 0.6) is 0 Å². The lowest BCUT2D eigenvalue weighted by atomic mass is 10.0. The molecule has 0 aliphatic carbocycles. The molecule has 5 heteroatoms. The third kappa shape index (κ3) is 5.89. The average molecular weight is 371 g/mol. The quantitative estimate of drug-likeness (QED) is 0.654. The number of benzene rings is 1. The zero-order chi connectivity index (χ0) is 16.7. The van der Waals surface area contributed by atoms with Crippen LogP contribution < -0.4 is 0 Å². The number of nitrogens with zero attached hydrogens (tertiary/aromatic N) is 2. The van der Waals surface area contributed by atoms with Crippen LogP contribution >= 0.6 is 24.0 Å². The van der Waals surface area contributed by atoms with Gasteiger partial charge < -0.3 is 10.0 Å². The van der Waals surface area contributed by atoms with Gasteiger partial charge in [-0.25, -0.2) is 0 Å². The fourth-order valence-electron chi connectivity index (χ4n) is 2.84. The van der Waals surface area contributed by atoms with E-state index in [1.54, 1.807) is 6.20 Å². The minimum Gasteiger partial charge on any atom is -0.387 e. The molecule has 0 fully saturated rings. The number of fused-ring (bicyclic) bond motifs is 1. The highest BCUT2D eigenvalue weighted by Gasteiger charge is 2.17. The molecule has 0 radical (unpaired) electrons. The van der Waals surface area contributed by atoms with Crippen molar-refractivity contribution in [3.05, 3.63) is 41.0 Å². The molecule has 0 aliphatic heterocycles. The summed E-state index contributed by atoms with van der Waals surface area (Å²) in [6, 6.07) is 7.62. The van der Waals surface area contributed by atoms with Crippen molar-refractivity contribution in [1.29, 1.82) is 0 Å². The normalized spacial score (nSPS) is 12.4. The molecule has 1 aromatic carbocycles. The van der Waals surface area contributed by atoms with Crippen molar-refractivity contribution in [1.82, 2.24) is 9.88 Å². The molecule has 1 aromatic heterocycles. The molecule has 0 saturated carbocycles. The van der Waals surface area contributed by atoms with Crippen LogP contribution in [0.25, 0.3) is 10.9 Å². The van der Waals surface area contributed by atoms with E-state index in [0.717, 1.165) is 42.4 Å². The van der Waals surface area contributed by atoms with Gasteiger partial charge in [0.15, 0.2) is 0 Å². The number of rotatable bonds is 9. The zero-order valence-electron chi connectivity index (χ0n) is 14.5. The molecule has 1 heterocycles. The fourth-order valence-corrected chi connectivity index (χ4v) is 3.07. The van der Waals surface area contributed by atoms with Gasteiger partial charge in [0.1, 0.15) is 0 Å². The summed E-state index contributed by atoms with van der Waals surface area (Å²) in [4.78, 5) is 6.79. The zero-order valence-corrected chi connectivity index (χ0v) is 16.1. The Hall–Kier alpha value is -0.870. The Morgan fingerprint density at radius 3 is 2.46 bits per heavy atom. The van der Waals surface area contributed by atoms with Crippen molar-refractivity contribution < 1.29 is 5.11 Å². The van der Waals surface area contributed by atoms with Gasteiger partial charge in [-0.15, -0.1) is 12.4 Å². The Labute approximate surface area is 156 Å². The van der Waals surface area contributed by atoms with E-state index in [0.29, 0.717) is 11.6 Å². The van der Waals surface area contributed by atoms with E-state index in [2.05, 4.69) is 23.7 Å². The van der Waals surface area contributed by atoms with Crippen LogP contribution in [0.4, 0.5) is 0 Å². The fraction of sp³-hybridized carbons (Fsp3) is 0.526. The van der Waals surface area contributed by atoms with E-state index in [-0.39, 0.29) is 12.4 Å². The van der Waals surface area contributed by atoms with E-state index < -0.39 is 6.10 Å². The van der Waals surface area contributed by atoms with Gasteiger partial charge in [0.05, 0.1) is 11.6 Å². The highest BCUT2D eigenvalue weighted by atomic mass is 35.5. The molecule has 1 unspecified atom stereocenters. The van der Waals surface area contributed by atoms with Gasteiger partial charge in [-0.2, -0.15) is 0 Å². The number of hydrogen-bond acceptors (Lipinski definition) is 3. The summed E-state index contributed by atoms with van der Waals surface area (Å²) < 4.78 is 0. The first-order valence-electron chi connectivity index (χ1n) is 8.60. The highest BCUT2D eigenvalue weighted by Crippen LogP contribution is 2.27. The lowest BCUT2D eigenvalue weighted by Crippen LogP contribution is -2.31. The average Bonchev–Trinajstić information content (AvgIpc) is 2.56. The summed E-state index contributed by atoms with van der Waals surface area (Å²) in [5.41, 5.74) is 1.67. The van der Waals surface area contributed by atoms with Crippen molar-refractivity contribution in [2.45, 2.75) is 45.6 Å². The maximum Gasteiger partial charge on any atom is 0.0938 e. The van der Waals surface area contributed by atoms with Gasteiger partial charge in [0.2, 0.25) is 0 Å². The number of pyridine rings is 1. The van der Waals surface area contributed by atoms with Crippen molar-refractivity contribution in [3.8, 4) is 0 Å². The summed E-state index contributed by atoms with van der Waals surface area (Å²) in [5, 5.41) is 12.4. The molecule has 2 rings (SSSR count). The molecule has 134 valence electrons. The first-order chi connectivity index (χ1) is 11.2. The molecule has 24 heavy (non-hydrogen) atoms.